The zero-order valence-electron chi connectivity index (χ0n) is 8.54. The smallest absolute Gasteiger partial charge is 0.342 e. The fourth-order valence-corrected chi connectivity index (χ4v) is 1.18. The predicted octanol–water partition coefficient (Wildman–Crippen LogP) is 1.38. The predicted molar refractivity (Wildman–Crippen MR) is 56.0 cm³/mol. The summed E-state index contributed by atoms with van der Waals surface area (Å²) in [4.78, 5) is 32.8. The quantitative estimate of drug-likeness (QED) is 0.605. The van der Waals surface area contributed by atoms with Crippen LogP contribution in [0.2, 0.25) is 0 Å². The van der Waals surface area contributed by atoms with E-state index in [-0.39, 0.29) is 5.56 Å². The van der Waals surface area contributed by atoms with E-state index in [1.807, 2.05) is 0 Å². The van der Waals surface area contributed by atoms with Crippen molar-refractivity contribution in [2.75, 3.05) is 0 Å². The maximum absolute atomic E-state index is 11.3. The summed E-state index contributed by atoms with van der Waals surface area (Å²) in [5, 5.41) is 17.6. The van der Waals surface area contributed by atoms with Crippen molar-refractivity contribution in [1.82, 2.24) is 0 Å². The Balaban J connectivity index is 3.28. The second kappa shape index (κ2) is 4.93. The summed E-state index contributed by atoms with van der Waals surface area (Å²) < 4.78 is 4.45. The standard InChI is InChI=1S/C11H8O6/c1-2-17-11(16)6-3-4-7(9(12)13)8(5-6)10(14)15/h2-5H,1H2,(H,12,13)(H,14,15). The molecule has 0 aromatic heterocycles. The molecule has 0 fully saturated rings. The first-order valence-electron chi connectivity index (χ1n) is 4.40. The fourth-order valence-electron chi connectivity index (χ4n) is 1.18. The SMILES string of the molecule is C=COC(=O)c1ccc(C(=O)O)c(C(=O)O)c1. The third-order valence-corrected chi connectivity index (χ3v) is 1.91. The molecule has 2 N–H and O–H groups in total. The number of esters is 1. The normalized spacial score (nSPS) is 9.41. The van der Waals surface area contributed by atoms with Gasteiger partial charge in [0.15, 0.2) is 0 Å². The van der Waals surface area contributed by atoms with Gasteiger partial charge in [-0.3, -0.25) is 0 Å². The van der Waals surface area contributed by atoms with Crippen molar-refractivity contribution in [2.24, 2.45) is 0 Å². The van der Waals surface area contributed by atoms with E-state index < -0.39 is 29.0 Å². The Morgan fingerprint density at radius 1 is 1.12 bits per heavy atom. The fraction of sp³-hybridized carbons (Fsp3) is 0. The van der Waals surface area contributed by atoms with Crippen molar-refractivity contribution in [3.8, 4) is 0 Å². The van der Waals surface area contributed by atoms with E-state index in [4.69, 9.17) is 10.2 Å². The highest BCUT2D eigenvalue weighted by atomic mass is 16.5. The number of carboxylic acids is 2. The van der Waals surface area contributed by atoms with E-state index in [1.165, 1.54) is 6.07 Å². The van der Waals surface area contributed by atoms with Gasteiger partial charge in [-0.25, -0.2) is 14.4 Å². The van der Waals surface area contributed by atoms with Crippen molar-refractivity contribution in [3.63, 3.8) is 0 Å². The molecular formula is C11H8O6. The Morgan fingerprint density at radius 3 is 2.18 bits per heavy atom. The van der Waals surface area contributed by atoms with Gasteiger partial charge >= 0.3 is 17.9 Å². The van der Waals surface area contributed by atoms with E-state index in [1.54, 1.807) is 0 Å². The largest absolute Gasteiger partial charge is 0.478 e. The molecule has 0 amide bonds. The number of carbonyl (C=O) groups is 3. The number of benzene rings is 1. The first-order chi connectivity index (χ1) is 7.97. The summed E-state index contributed by atoms with van der Waals surface area (Å²) in [5.74, 6) is -3.62. The Labute approximate surface area is 95.8 Å². The van der Waals surface area contributed by atoms with E-state index in [0.29, 0.717) is 0 Å². The Kier molecular flexibility index (Phi) is 3.61. The summed E-state index contributed by atoms with van der Waals surface area (Å²) >= 11 is 0. The molecule has 6 nitrogen and oxygen atoms in total. The van der Waals surface area contributed by atoms with Gasteiger partial charge in [0.05, 0.1) is 23.0 Å². The Hall–Kier alpha value is -2.63. The van der Waals surface area contributed by atoms with Crippen molar-refractivity contribution in [1.29, 1.82) is 0 Å². The van der Waals surface area contributed by atoms with Gasteiger partial charge in [-0.15, -0.1) is 0 Å². The van der Waals surface area contributed by atoms with Crippen LogP contribution in [0.25, 0.3) is 0 Å². The topological polar surface area (TPSA) is 101 Å². The monoisotopic (exact) mass is 236 g/mol. The number of aromatic carboxylic acids is 2. The molecule has 0 atom stereocenters. The first-order valence-corrected chi connectivity index (χ1v) is 4.40. The molecule has 1 aromatic carbocycles. The molecular weight excluding hydrogens is 228 g/mol. The van der Waals surface area contributed by atoms with Crippen LogP contribution in [0.3, 0.4) is 0 Å². The van der Waals surface area contributed by atoms with Crippen molar-refractivity contribution in [2.45, 2.75) is 0 Å². The minimum absolute atomic E-state index is 0.0627. The van der Waals surface area contributed by atoms with Crippen LogP contribution in [-0.4, -0.2) is 28.1 Å². The third kappa shape index (κ3) is 2.69. The van der Waals surface area contributed by atoms with Crippen molar-refractivity contribution < 1.29 is 29.3 Å². The minimum Gasteiger partial charge on any atom is -0.478 e. The summed E-state index contributed by atoms with van der Waals surface area (Å²) in [6.07, 6.45) is 0.897. The zero-order valence-corrected chi connectivity index (χ0v) is 8.54. The molecule has 0 radical (unpaired) electrons. The number of hydrogen-bond acceptors (Lipinski definition) is 4. The van der Waals surface area contributed by atoms with Gasteiger partial charge in [0.1, 0.15) is 0 Å². The first kappa shape index (κ1) is 12.4. The average Bonchev–Trinajstić information content (AvgIpc) is 2.28. The van der Waals surface area contributed by atoms with E-state index >= 15 is 0 Å². The van der Waals surface area contributed by atoms with E-state index in [0.717, 1.165) is 18.4 Å². The summed E-state index contributed by atoms with van der Waals surface area (Å²) in [5.41, 5.74) is -0.934. The van der Waals surface area contributed by atoms with Crippen LogP contribution >= 0.6 is 0 Å². The van der Waals surface area contributed by atoms with Crippen LogP contribution in [0, 0.1) is 0 Å². The lowest BCUT2D eigenvalue weighted by Gasteiger charge is -2.04. The van der Waals surface area contributed by atoms with E-state index in [9.17, 15) is 14.4 Å². The third-order valence-electron chi connectivity index (χ3n) is 1.91. The highest BCUT2D eigenvalue weighted by Gasteiger charge is 2.18. The lowest BCUT2D eigenvalue weighted by Crippen LogP contribution is -2.10. The number of carbonyl (C=O) groups excluding carboxylic acids is 1. The van der Waals surface area contributed by atoms with Gasteiger partial charge in [-0.2, -0.15) is 0 Å². The molecule has 0 heterocycles. The van der Waals surface area contributed by atoms with Crippen molar-refractivity contribution in [3.05, 3.63) is 47.7 Å². The maximum atomic E-state index is 11.3. The minimum atomic E-state index is -1.43. The number of carboxylic acid groups (broad SMARTS) is 2. The Bertz CT molecular complexity index is 503. The lowest BCUT2D eigenvalue weighted by molar-refractivity contribution is 0.0645. The van der Waals surface area contributed by atoms with Crippen LogP contribution in [0.4, 0.5) is 0 Å². The number of rotatable bonds is 4. The molecule has 0 bridgehead atoms. The summed E-state index contributed by atoms with van der Waals surface area (Å²) in [6, 6.07) is 3.14. The van der Waals surface area contributed by atoms with Gasteiger partial charge in [-0.1, -0.05) is 6.58 Å². The van der Waals surface area contributed by atoms with Gasteiger partial charge < -0.3 is 14.9 Å². The molecule has 0 unspecified atom stereocenters. The molecule has 0 saturated heterocycles. The number of ether oxygens (including phenoxy) is 1. The van der Waals surface area contributed by atoms with Crippen LogP contribution in [-0.2, 0) is 4.74 Å². The molecule has 0 aliphatic rings. The molecule has 0 saturated carbocycles. The maximum Gasteiger partial charge on any atom is 0.342 e. The molecule has 0 aliphatic carbocycles. The van der Waals surface area contributed by atoms with Crippen molar-refractivity contribution >= 4 is 17.9 Å². The average molecular weight is 236 g/mol. The summed E-state index contributed by atoms with van der Waals surface area (Å²) in [6.45, 7) is 3.18. The summed E-state index contributed by atoms with van der Waals surface area (Å²) in [7, 11) is 0. The Morgan fingerprint density at radius 2 is 1.71 bits per heavy atom. The highest BCUT2D eigenvalue weighted by molar-refractivity contribution is 6.03. The van der Waals surface area contributed by atoms with Crippen LogP contribution in [0.1, 0.15) is 31.1 Å². The lowest BCUT2D eigenvalue weighted by atomic mass is 10.0. The van der Waals surface area contributed by atoms with E-state index in [2.05, 4.69) is 11.3 Å². The van der Waals surface area contributed by atoms with Crippen LogP contribution in [0.5, 0.6) is 0 Å². The molecule has 0 aliphatic heterocycles. The molecule has 88 valence electrons. The van der Waals surface area contributed by atoms with Gasteiger partial charge in [0.2, 0.25) is 0 Å². The second-order valence-corrected chi connectivity index (χ2v) is 2.94. The van der Waals surface area contributed by atoms with Gasteiger partial charge in [0, 0.05) is 0 Å². The van der Waals surface area contributed by atoms with Crippen LogP contribution < -0.4 is 0 Å². The molecule has 17 heavy (non-hydrogen) atoms. The second-order valence-electron chi connectivity index (χ2n) is 2.94. The molecule has 1 aromatic rings. The van der Waals surface area contributed by atoms with Gasteiger partial charge in [-0.05, 0) is 18.2 Å². The molecule has 6 heteroatoms. The zero-order chi connectivity index (χ0) is 13.0. The number of hydrogen-bond donors (Lipinski definition) is 2. The molecule has 1 rings (SSSR count). The molecule has 0 spiro atoms. The highest BCUT2D eigenvalue weighted by Crippen LogP contribution is 2.13. The van der Waals surface area contributed by atoms with Gasteiger partial charge in [0.25, 0.3) is 0 Å². The van der Waals surface area contributed by atoms with Crippen LogP contribution in [0.15, 0.2) is 31.0 Å².